The van der Waals surface area contributed by atoms with Gasteiger partial charge in [-0.15, -0.1) is 11.8 Å². The van der Waals surface area contributed by atoms with E-state index >= 15 is 0 Å². The molecule has 0 bridgehead atoms. The van der Waals surface area contributed by atoms with Crippen molar-refractivity contribution in [1.29, 1.82) is 0 Å². The molecular weight excluding hydrogens is 454 g/mol. The Bertz CT molecular complexity index is 1130. The van der Waals surface area contributed by atoms with Crippen LogP contribution in [0, 0.1) is 0 Å². The first-order valence-corrected chi connectivity index (χ1v) is 11.4. The summed E-state index contributed by atoms with van der Waals surface area (Å²) in [5.74, 6) is -2.27. The predicted octanol–water partition coefficient (Wildman–Crippen LogP) is 0.997. The first kappa shape index (κ1) is 22.0. The number of carboxylic acid groups (broad SMARTS) is 1. The number of fused-ring (bicyclic) bond motifs is 1. The lowest BCUT2D eigenvalue weighted by Gasteiger charge is -2.49. The number of β-lactam (4-membered cyclic amide) rings is 1. The van der Waals surface area contributed by atoms with Crippen LogP contribution in [0.4, 0.5) is 5.13 Å². The summed E-state index contributed by atoms with van der Waals surface area (Å²) >= 11 is 2.47. The molecular formula is C20H19N5O5S2. The van der Waals surface area contributed by atoms with E-state index in [1.807, 2.05) is 0 Å². The quantitative estimate of drug-likeness (QED) is 0.453. The number of hydrogen-bond acceptors (Lipinski definition) is 8. The Kier molecular flexibility index (Phi) is 6.00. The van der Waals surface area contributed by atoms with Gasteiger partial charge in [-0.3, -0.25) is 19.3 Å². The van der Waals surface area contributed by atoms with Crippen molar-refractivity contribution < 1.29 is 24.3 Å². The van der Waals surface area contributed by atoms with Crippen LogP contribution in [0.5, 0.6) is 0 Å². The number of thioether (sulfide) groups is 1. The molecule has 0 radical (unpaired) electrons. The fourth-order valence-corrected chi connectivity index (χ4v) is 5.85. The van der Waals surface area contributed by atoms with Gasteiger partial charge in [-0.05, 0) is 5.56 Å². The van der Waals surface area contributed by atoms with E-state index in [9.17, 15) is 24.3 Å². The molecule has 2 aliphatic heterocycles. The van der Waals surface area contributed by atoms with Crippen LogP contribution in [0.2, 0.25) is 0 Å². The molecule has 32 heavy (non-hydrogen) atoms. The van der Waals surface area contributed by atoms with Crippen LogP contribution in [-0.2, 0) is 19.2 Å². The van der Waals surface area contributed by atoms with Crippen LogP contribution >= 0.6 is 23.1 Å². The molecule has 3 unspecified atom stereocenters. The number of carboxylic acids is 1. The number of nitrogens with zero attached hydrogens (tertiary/aromatic N) is 2. The molecule has 0 aliphatic carbocycles. The van der Waals surface area contributed by atoms with Crippen molar-refractivity contribution in [2.24, 2.45) is 5.73 Å². The molecule has 5 N–H and O–H groups in total. The number of rotatable bonds is 6. The van der Waals surface area contributed by atoms with E-state index in [2.05, 4.69) is 15.6 Å². The van der Waals surface area contributed by atoms with Crippen molar-refractivity contribution in [2.45, 2.75) is 24.4 Å². The highest BCUT2D eigenvalue weighted by molar-refractivity contribution is 8.00. The van der Waals surface area contributed by atoms with Crippen molar-refractivity contribution in [3.63, 3.8) is 0 Å². The van der Waals surface area contributed by atoms with Crippen LogP contribution in [0.25, 0.3) is 5.57 Å². The number of benzene rings is 1. The number of aromatic nitrogens is 1. The zero-order valence-electron chi connectivity index (χ0n) is 16.8. The van der Waals surface area contributed by atoms with Gasteiger partial charge in [0.1, 0.15) is 23.2 Å². The number of carbonyl (C=O) groups excluding carboxylic acids is 3. The van der Waals surface area contributed by atoms with Gasteiger partial charge in [0.15, 0.2) is 5.13 Å². The lowest BCUT2D eigenvalue weighted by atomic mass is 10.0. The van der Waals surface area contributed by atoms with Crippen LogP contribution in [0.15, 0.2) is 42.2 Å². The molecule has 166 valence electrons. The Morgan fingerprint density at radius 2 is 2.00 bits per heavy atom. The molecule has 3 heterocycles. The number of aliphatic carboxylic acids is 1. The largest absolute Gasteiger partial charge is 0.477 e. The SMILES string of the molecule is CC(=O)Nc1ncc(C2=C(C(=O)O)N3C(=O)C(NC(=O)C(N)c4ccccc4)C3SC2)s1. The minimum Gasteiger partial charge on any atom is -0.477 e. The third kappa shape index (κ3) is 3.99. The summed E-state index contributed by atoms with van der Waals surface area (Å²) in [7, 11) is 0. The summed E-state index contributed by atoms with van der Waals surface area (Å²) in [5, 5.41) is 14.8. The number of amides is 3. The molecule has 3 atom stereocenters. The Balaban J connectivity index is 1.53. The summed E-state index contributed by atoms with van der Waals surface area (Å²) in [4.78, 5) is 54.5. The standard InChI is InChI=1S/C20H19N5O5S2/c1-9(26)23-20-22-7-12(32-20)11-8-31-18-14(17(28)25(18)15(11)19(29)30)24-16(27)13(21)10-5-3-2-4-6-10/h2-7,13-14,18H,8,21H2,1H3,(H,24,27)(H,29,30)(H,22,23,26). The molecule has 1 aromatic carbocycles. The van der Waals surface area contributed by atoms with Gasteiger partial charge >= 0.3 is 5.97 Å². The van der Waals surface area contributed by atoms with Gasteiger partial charge in [-0.2, -0.15) is 0 Å². The van der Waals surface area contributed by atoms with Gasteiger partial charge < -0.3 is 21.5 Å². The average Bonchev–Trinajstić information content (AvgIpc) is 3.23. The second-order valence-corrected chi connectivity index (χ2v) is 9.26. The lowest BCUT2D eigenvalue weighted by molar-refractivity contribution is -0.150. The number of nitrogens with one attached hydrogen (secondary N) is 2. The highest BCUT2D eigenvalue weighted by atomic mass is 32.2. The Morgan fingerprint density at radius 1 is 1.28 bits per heavy atom. The molecule has 1 aromatic heterocycles. The van der Waals surface area contributed by atoms with Gasteiger partial charge in [0.25, 0.3) is 5.91 Å². The first-order chi connectivity index (χ1) is 15.3. The number of anilines is 1. The fourth-order valence-electron chi connectivity index (χ4n) is 3.48. The highest BCUT2D eigenvalue weighted by Crippen LogP contribution is 2.44. The van der Waals surface area contributed by atoms with E-state index < -0.39 is 35.2 Å². The fraction of sp³-hybridized carbons (Fsp3) is 0.250. The van der Waals surface area contributed by atoms with E-state index in [1.165, 1.54) is 29.8 Å². The van der Waals surface area contributed by atoms with Crippen molar-refractivity contribution in [2.75, 3.05) is 11.1 Å². The van der Waals surface area contributed by atoms with E-state index in [0.29, 0.717) is 26.9 Å². The predicted molar refractivity (Wildman–Crippen MR) is 119 cm³/mol. The maximum absolute atomic E-state index is 12.8. The molecule has 0 saturated carbocycles. The van der Waals surface area contributed by atoms with Crippen LogP contribution in [0.1, 0.15) is 23.4 Å². The molecule has 10 nitrogen and oxygen atoms in total. The number of nitrogens with two attached hydrogens (primary N) is 1. The molecule has 1 fully saturated rings. The van der Waals surface area contributed by atoms with E-state index in [1.54, 1.807) is 30.3 Å². The third-order valence-electron chi connectivity index (χ3n) is 5.00. The topological polar surface area (TPSA) is 155 Å². The van der Waals surface area contributed by atoms with Gasteiger partial charge in [0.05, 0.1) is 4.88 Å². The van der Waals surface area contributed by atoms with Crippen molar-refractivity contribution in [3.05, 3.63) is 52.7 Å². The summed E-state index contributed by atoms with van der Waals surface area (Å²) in [5.41, 5.74) is 6.91. The second-order valence-electron chi connectivity index (χ2n) is 7.13. The Hall–Kier alpha value is -3.22. The molecule has 12 heteroatoms. The van der Waals surface area contributed by atoms with Crippen molar-refractivity contribution in [1.82, 2.24) is 15.2 Å². The minimum absolute atomic E-state index is 0.144. The smallest absolute Gasteiger partial charge is 0.353 e. The number of carbonyl (C=O) groups is 4. The van der Waals surface area contributed by atoms with Gasteiger partial charge in [-0.1, -0.05) is 41.7 Å². The Morgan fingerprint density at radius 3 is 2.66 bits per heavy atom. The molecule has 0 spiro atoms. The van der Waals surface area contributed by atoms with Gasteiger partial charge in [0.2, 0.25) is 11.8 Å². The summed E-state index contributed by atoms with van der Waals surface area (Å²) in [6.07, 6.45) is 1.47. The van der Waals surface area contributed by atoms with Crippen molar-refractivity contribution in [3.8, 4) is 0 Å². The molecule has 3 amide bonds. The Labute approximate surface area is 190 Å². The van der Waals surface area contributed by atoms with Gasteiger partial charge in [0, 0.05) is 24.4 Å². The lowest BCUT2D eigenvalue weighted by Crippen LogP contribution is -2.70. The van der Waals surface area contributed by atoms with E-state index in [4.69, 9.17) is 5.73 Å². The van der Waals surface area contributed by atoms with Crippen LogP contribution < -0.4 is 16.4 Å². The van der Waals surface area contributed by atoms with Crippen LogP contribution in [-0.4, -0.2) is 55.8 Å². The minimum atomic E-state index is -1.25. The van der Waals surface area contributed by atoms with Gasteiger partial charge in [-0.25, -0.2) is 9.78 Å². The zero-order chi connectivity index (χ0) is 23.0. The molecule has 2 aliphatic rings. The normalized spacial score (nSPS) is 20.8. The van der Waals surface area contributed by atoms with Crippen molar-refractivity contribution >= 4 is 57.5 Å². The summed E-state index contributed by atoms with van der Waals surface area (Å²) in [6, 6.07) is 6.96. The van der Waals surface area contributed by atoms with E-state index in [-0.39, 0.29) is 11.6 Å². The van der Waals surface area contributed by atoms with Crippen LogP contribution in [0.3, 0.4) is 0 Å². The number of hydrogen-bond donors (Lipinski definition) is 4. The third-order valence-corrected chi connectivity index (χ3v) is 7.25. The maximum atomic E-state index is 12.8. The average molecular weight is 474 g/mol. The zero-order valence-corrected chi connectivity index (χ0v) is 18.4. The number of thiazole rings is 1. The first-order valence-electron chi connectivity index (χ1n) is 9.53. The summed E-state index contributed by atoms with van der Waals surface area (Å²) in [6.45, 7) is 1.35. The molecule has 1 saturated heterocycles. The second kappa shape index (κ2) is 8.73. The molecule has 4 rings (SSSR count). The maximum Gasteiger partial charge on any atom is 0.353 e. The highest BCUT2D eigenvalue weighted by Gasteiger charge is 2.54. The van der Waals surface area contributed by atoms with E-state index in [0.717, 1.165) is 11.3 Å². The summed E-state index contributed by atoms with van der Waals surface area (Å²) < 4.78 is 0. The molecule has 2 aromatic rings. The monoisotopic (exact) mass is 473 g/mol.